The number of anilines is 1. The van der Waals surface area contributed by atoms with E-state index in [1.165, 1.54) is 0 Å². The molecule has 0 aromatic carbocycles. The summed E-state index contributed by atoms with van der Waals surface area (Å²) in [7, 11) is 1.74. The highest BCUT2D eigenvalue weighted by Gasteiger charge is 2.11. The largest absolute Gasteiger partial charge is 0.372 e. The molecule has 2 aromatic rings. The smallest absolute Gasteiger partial charge is 0.255 e. The molecule has 2 aromatic heterocycles. The van der Waals surface area contributed by atoms with Crippen LogP contribution in [0.1, 0.15) is 28.5 Å². The van der Waals surface area contributed by atoms with Gasteiger partial charge in [-0.1, -0.05) is 13.0 Å². The van der Waals surface area contributed by atoms with Crippen molar-refractivity contribution in [3.8, 4) is 0 Å². The van der Waals surface area contributed by atoms with Gasteiger partial charge in [0.05, 0.1) is 17.8 Å². The van der Waals surface area contributed by atoms with Crippen molar-refractivity contribution in [2.24, 2.45) is 0 Å². The Bertz CT molecular complexity index is 598. The maximum atomic E-state index is 12.2. The lowest BCUT2D eigenvalue weighted by atomic mass is 10.1. The number of aromatic nitrogens is 2. The minimum atomic E-state index is -0.157. The number of carbonyl (C=O) groups excluding carboxylic acids is 1. The molecule has 104 valence electrons. The number of pyridine rings is 2. The monoisotopic (exact) mass is 270 g/mol. The fourth-order valence-electron chi connectivity index (χ4n) is 2.00. The summed E-state index contributed by atoms with van der Waals surface area (Å²) in [5.41, 5.74) is 2.58. The van der Waals surface area contributed by atoms with E-state index in [1.807, 2.05) is 12.1 Å². The van der Waals surface area contributed by atoms with Crippen molar-refractivity contribution in [1.82, 2.24) is 15.3 Å². The lowest BCUT2D eigenvalue weighted by molar-refractivity contribution is 0.0951. The quantitative estimate of drug-likeness (QED) is 0.872. The van der Waals surface area contributed by atoms with E-state index in [-0.39, 0.29) is 5.91 Å². The highest BCUT2D eigenvalue weighted by Crippen LogP contribution is 2.11. The number of hydrogen-bond acceptors (Lipinski definition) is 4. The van der Waals surface area contributed by atoms with Crippen LogP contribution in [-0.2, 0) is 13.0 Å². The third-order valence-electron chi connectivity index (χ3n) is 3.07. The van der Waals surface area contributed by atoms with Gasteiger partial charge in [0, 0.05) is 19.4 Å². The van der Waals surface area contributed by atoms with Gasteiger partial charge in [0.2, 0.25) is 0 Å². The predicted molar refractivity (Wildman–Crippen MR) is 78.6 cm³/mol. The van der Waals surface area contributed by atoms with Crippen LogP contribution in [0.5, 0.6) is 0 Å². The zero-order valence-corrected chi connectivity index (χ0v) is 11.7. The summed E-state index contributed by atoms with van der Waals surface area (Å²) in [6, 6.07) is 7.42. The number of rotatable bonds is 5. The summed E-state index contributed by atoms with van der Waals surface area (Å²) in [5.74, 6) is 0.414. The normalized spacial score (nSPS) is 10.1. The van der Waals surface area contributed by atoms with E-state index in [9.17, 15) is 4.79 Å². The Morgan fingerprint density at radius 1 is 1.20 bits per heavy atom. The molecular formula is C15H18N4O. The predicted octanol–water partition coefficient (Wildman–Crippen LogP) is 2.01. The zero-order chi connectivity index (χ0) is 14.4. The van der Waals surface area contributed by atoms with Crippen LogP contribution in [0.15, 0.2) is 36.7 Å². The Balaban J connectivity index is 2.09. The fourth-order valence-corrected chi connectivity index (χ4v) is 2.00. The maximum Gasteiger partial charge on any atom is 0.255 e. The molecule has 0 aliphatic carbocycles. The van der Waals surface area contributed by atoms with Crippen LogP contribution in [0.25, 0.3) is 0 Å². The van der Waals surface area contributed by atoms with Crippen LogP contribution in [0, 0.1) is 0 Å². The molecule has 0 saturated carbocycles. The van der Waals surface area contributed by atoms with Crippen LogP contribution in [0.2, 0.25) is 0 Å². The standard InChI is InChI=1S/C15H18N4O/c1-3-11-6-4-8-17-13(11)10-19-15(20)12-7-5-9-18-14(12)16-2/h4-9H,3,10H2,1-2H3,(H,16,18)(H,19,20). The molecule has 5 nitrogen and oxygen atoms in total. The van der Waals surface area contributed by atoms with Crippen molar-refractivity contribution in [2.75, 3.05) is 12.4 Å². The first kappa shape index (κ1) is 14.0. The average molecular weight is 270 g/mol. The number of carbonyl (C=O) groups is 1. The Morgan fingerprint density at radius 2 is 1.95 bits per heavy atom. The second-order valence-corrected chi connectivity index (χ2v) is 4.30. The first-order chi connectivity index (χ1) is 9.76. The van der Waals surface area contributed by atoms with Crippen LogP contribution >= 0.6 is 0 Å². The second-order valence-electron chi connectivity index (χ2n) is 4.30. The lowest BCUT2D eigenvalue weighted by Crippen LogP contribution is -2.25. The summed E-state index contributed by atoms with van der Waals surface area (Å²) < 4.78 is 0. The Hall–Kier alpha value is -2.43. The first-order valence-electron chi connectivity index (χ1n) is 6.60. The first-order valence-corrected chi connectivity index (χ1v) is 6.60. The van der Waals surface area contributed by atoms with E-state index in [0.717, 1.165) is 17.7 Å². The van der Waals surface area contributed by atoms with Crippen LogP contribution in [-0.4, -0.2) is 22.9 Å². The van der Waals surface area contributed by atoms with E-state index in [4.69, 9.17) is 0 Å². The van der Waals surface area contributed by atoms with Gasteiger partial charge in [-0.15, -0.1) is 0 Å². The molecule has 20 heavy (non-hydrogen) atoms. The van der Waals surface area contributed by atoms with Gasteiger partial charge in [0.15, 0.2) is 0 Å². The van der Waals surface area contributed by atoms with Crippen molar-refractivity contribution >= 4 is 11.7 Å². The molecule has 0 bridgehead atoms. The van der Waals surface area contributed by atoms with E-state index >= 15 is 0 Å². The summed E-state index contributed by atoms with van der Waals surface area (Å²) in [6.45, 7) is 2.49. The molecule has 0 saturated heterocycles. The van der Waals surface area contributed by atoms with Gasteiger partial charge >= 0.3 is 0 Å². The van der Waals surface area contributed by atoms with Gasteiger partial charge in [-0.3, -0.25) is 9.78 Å². The SMILES string of the molecule is CCc1cccnc1CNC(=O)c1cccnc1NC. The van der Waals surface area contributed by atoms with Crippen molar-refractivity contribution in [3.05, 3.63) is 53.5 Å². The summed E-state index contributed by atoms with van der Waals surface area (Å²) in [6.07, 6.45) is 4.29. The topological polar surface area (TPSA) is 66.9 Å². The summed E-state index contributed by atoms with van der Waals surface area (Å²) in [5, 5.41) is 5.79. The molecule has 2 rings (SSSR count). The van der Waals surface area contributed by atoms with Crippen molar-refractivity contribution in [2.45, 2.75) is 19.9 Å². The van der Waals surface area contributed by atoms with Gasteiger partial charge in [0.1, 0.15) is 5.82 Å². The van der Waals surface area contributed by atoms with E-state index < -0.39 is 0 Å². The molecule has 0 aliphatic rings. The third-order valence-corrected chi connectivity index (χ3v) is 3.07. The fraction of sp³-hybridized carbons (Fsp3) is 0.267. The number of nitrogens with one attached hydrogen (secondary N) is 2. The molecule has 0 aliphatic heterocycles. The van der Waals surface area contributed by atoms with E-state index in [2.05, 4.69) is 27.5 Å². The molecule has 0 atom stereocenters. The number of hydrogen-bond donors (Lipinski definition) is 2. The molecule has 1 amide bonds. The van der Waals surface area contributed by atoms with Crippen molar-refractivity contribution < 1.29 is 4.79 Å². The Labute approximate surface area is 118 Å². The van der Waals surface area contributed by atoms with Crippen LogP contribution in [0.3, 0.4) is 0 Å². The van der Waals surface area contributed by atoms with Gasteiger partial charge in [-0.05, 0) is 30.2 Å². The Morgan fingerprint density at radius 3 is 2.70 bits per heavy atom. The maximum absolute atomic E-state index is 12.2. The lowest BCUT2D eigenvalue weighted by Gasteiger charge is -2.10. The van der Waals surface area contributed by atoms with Gasteiger partial charge < -0.3 is 10.6 Å². The minimum Gasteiger partial charge on any atom is -0.372 e. The van der Waals surface area contributed by atoms with E-state index in [1.54, 1.807) is 31.6 Å². The van der Waals surface area contributed by atoms with Gasteiger partial charge in [0.25, 0.3) is 5.91 Å². The molecule has 0 spiro atoms. The van der Waals surface area contributed by atoms with E-state index in [0.29, 0.717) is 17.9 Å². The molecule has 0 unspecified atom stereocenters. The van der Waals surface area contributed by atoms with Crippen LogP contribution in [0.4, 0.5) is 5.82 Å². The minimum absolute atomic E-state index is 0.157. The summed E-state index contributed by atoms with van der Waals surface area (Å²) in [4.78, 5) is 20.6. The van der Waals surface area contributed by atoms with Crippen LogP contribution < -0.4 is 10.6 Å². The Kier molecular flexibility index (Phi) is 4.65. The number of nitrogens with zero attached hydrogens (tertiary/aromatic N) is 2. The highest BCUT2D eigenvalue weighted by molar-refractivity contribution is 5.98. The zero-order valence-electron chi connectivity index (χ0n) is 11.7. The molecule has 0 radical (unpaired) electrons. The third kappa shape index (κ3) is 3.12. The highest BCUT2D eigenvalue weighted by atomic mass is 16.1. The van der Waals surface area contributed by atoms with Crippen molar-refractivity contribution in [3.63, 3.8) is 0 Å². The van der Waals surface area contributed by atoms with Gasteiger partial charge in [-0.25, -0.2) is 4.98 Å². The number of aryl methyl sites for hydroxylation is 1. The molecule has 5 heteroatoms. The molecule has 2 heterocycles. The van der Waals surface area contributed by atoms with Crippen molar-refractivity contribution in [1.29, 1.82) is 0 Å². The molecular weight excluding hydrogens is 252 g/mol. The molecule has 2 N–H and O–H groups in total. The van der Waals surface area contributed by atoms with Gasteiger partial charge in [-0.2, -0.15) is 0 Å². The molecule has 0 fully saturated rings. The second kappa shape index (κ2) is 6.65. The number of amides is 1. The average Bonchev–Trinajstić information content (AvgIpc) is 2.52. The summed E-state index contributed by atoms with van der Waals surface area (Å²) >= 11 is 0.